The fourth-order valence-electron chi connectivity index (χ4n) is 1.44. The molecule has 0 saturated heterocycles. The van der Waals surface area contributed by atoms with Crippen molar-refractivity contribution in [1.29, 1.82) is 5.26 Å². The zero-order valence-electron chi connectivity index (χ0n) is 8.60. The van der Waals surface area contributed by atoms with Crippen molar-refractivity contribution in [3.05, 3.63) is 34.6 Å². The van der Waals surface area contributed by atoms with Gasteiger partial charge in [-0.05, 0) is 31.4 Å². The lowest BCUT2D eigenvalue weighted by Crippen LogP contribution is -1.97. The number of halogens is 1. The maximum absolute atomic E-state index is 13.6. The Hall–Kier alpha value is -1.36. The lowest BCUT2D eigenvalue weighted by Gasteiger charge is -2.06. The Kier molecular flexibility index (Phi) is 3.64. The van der Waals surface area contributed by atoms with Gasteiger partial charge in [-0.15, -0.1) is 0 Å². The summed E-state index contributed by atoms with van der Waals surface area (Å²) in [6.45, 7) is 3.78. The summed E-state index contributed by atoms with van der Waals surface area (Å²) in [4.78, 5) is 0. The molecule has 1 aromatic rings. The van der Waals surface area contributed by atoms with Gasteiger partial charge in [0.15, 0.2) is 0 Å². The molecule has 14 heavy (non-hydrogen) atoms. The van der Waals surface area contributed by atoms with Gasteiger partial charge in [-0.25, -0.2) is 4.39 Å². The molecule has 0 aliphatic heterocycles. The summed E-state index contributed by atoms with van der Waals surface area (Å²) in [5.41, 5.74) is 1.67. The molecule has 0 fully saturated rings. The molecule has 0 amide bonds. The number of rotatable bonds is 3. The van der Waals surface area contributed by atoms with Gasteiger partial charge >= 0.3 is 0 Å². The third kappa shape index (κ3) is 2.11. The van der Waals surface area contributed by atoms with E-state index in [1.54, 1.807) is 19.1 Å². The molecule has 0 aliphatic rings. The maximum atomic E-state index is 13.6. The van der Waals surface area contributed by atoms with Gasteiger partial charge in [-0.2, -0.15) is 5.26 Å². The Bertz CT molecular complexity index is 363. The number of unbranched alkanes of at least 4 members (excludes halogenated alkanes) is 1. The number of hydrogen-bond donors (Lipinski definition) is 0. The van der Waals surface area contributed by atoms with Crippen LogP contribution in [0.25, 0.3) is 0 Å². The first-order valence-electron chi connectivity index (χ1n) is 4.88. The van der Waals surface area contributed by atoms with Crippen LogP contribution < -0.4 is 0 Å². The van der Waals surface area contributed by atoms with E-state index in [1.807, 2.05) is 6.07 Å². The van der Waals surface area contributed by atoms with E-state index in [9.17, 15) is 4.39 Å². The highest BCUT2D eigenvalue weighted by atomic mass is 19.1. The average molecular weight is 191 g/mol. The first-order valence-corrected chi connectivity index (χ1v) is 4.88. The molecule has 1 aromatic carbocycles. The van der Waals surface area contributed by atoms with Crippen LogP contribution in [0.1, 0.15) is 36.5 Å². The highest BCUT2D eigenvalue weighted by molar-refractivity contribution is 5.41. The molecule has 0 spiro atoms. The molecule has 0 N–H and O–H groups in total. The molecule has 1 rings (SSSR count). The van der Waals surface area contributed by atoms with Gasteiger partial charge in [0.2, 0.25) is 0 Å². The van der Waals surface area contributed by atoms with Gasteiger partial charge in [0.25, 0.3) is 0 Å². The number of hydrogen-bond acceptors (Lipinski definition) is 1. The molecule has 2 heteroatoms. The third-order valence-corrected chi connectivity index (χ3v) is 2.34. The Balaban J connectivity index is 3.09. The lowest BCUT2D eigenvalue weighted by atomic mass is 9.99. The van der Waals surface area contributed by atoms with Crippen LogP contribution in [-0.4, -0.2) is 0 Å². The smallest absolute Gasteiger partial charge is 0.130 e. The van der Waals surface area contributed by atoms with Crippen molar-refractivity contribution in [3.8, 4) is 6.07 Å². The number of nitrogens with zero attached hydrogens (tertiary/aromatic N) is 1. The summed E-state index contributed by atoms with van der Waals surface area (Å²) in [5, 5.41) is 8.82. The molecule has 0 heterocycles. The second-order valence-corrected chi connectivity index (χ2v) is 3.44. The van der Waals surface area contributed by atoms with Crippen molar-refractivity contribution < 1.29 is 4.39 Å². The quantitative estimate of drug-likeness (QED) is 0.718. The van der Waals surface area contributed by atoms with Crippen LogP contribution >= 0.6 is 0 Å². The van der Waals surface area contributed by atoms with Crippen LogP contribution in [0.5, 0.6) is 0 Å². The minimum absolute atomic E-state index is 0.211. The normalized spacial score (nSPS) is 9.86. The summed E-state index contributed by atoms with van der Waals surface area (Å²) in [6, 6.07) is 5.39. The minimum atomic E-state index is -0.211. The molecule has 1 nitrogen and oxygen atoms in total. The fourth-order valence-corrected chi connectivity index (χ4v) is 1.44. The zero-order chi connectivity index (χ0) is 10.6. The minimum Gasteiger partial charge on any atom is -0.206 e. The second-order valence-electron chi connectivity index (χ2n) is 3.44. The molecular weight excluding hydrogens is 177 g/mol. The third-order valence-electron chi connectivity index (χ3n) is 2.34. The van der Waals surface area contributed by atoms with E-state index < -0.39 is 0 Å². The molecule has 0 aromatic heterocycles. The van der Waals surface area contributed by atoms with Crippen LogP contribution in [0.2, 0.25) is 0 Å². The van der Waals surface area contributed by atoms with E-state index in [2.05, 4.69) is 6.92 Å². The Morgan fingerprint density at radius 1 is 1.43 bits per heavy atom. The van der Waals surface area contributed by atoms with E-state index in [-0.39, 0.29) is 5.82 Å². The van der Waals surface area contributed by atoms with Crippen molar-refractivity contribution in [3.63, 3.8) is 0 Å². The van der Waals surface area contributed by atoms with Crippen molar-refractivity contribution in [1.82, 2.24) is 0 Å². The highest BCUT2D eigenvalue weighted by Gasteiger charge is 2.09. The van der Waals surface area contributed by atoms with Crippen LogP contribution in [-0.2, 0) is 6.42 Å². The van der Waals surface area contributed by atoms with Gasteiger partial charge in [0.05, 0.1) is 11.6 Å². The summed E-state index contributed by atoms with van der Waals surface area (Å²) >= 11 is 0. The Labute approximate surface area is 84.2 Å². The van der Waals surface area contributed by atoms with E-state index in [4.69, 9.17) is 5.26 Å². The highest BCUT2D eigenvalue weighted by Crippen LogP contribution is 2.18. The van der Waals surface area contributed by atoms with Gasteiger partial charge in [-0.3, -0.25) is 0 Å². The van der Waals surface area contributed by atoms with Gasteiger partial charge in [-0.1, -0.05) is 19.4 Å². The van der Waals surface area contributed by atoms with Gasteiger partial charge in [0, 0.05) is 5.56 Å². The molecule has 0 saturated carbocycles. The average Bonchev–Trinajstić information content (AvgIpc) is 2.20. The zero-order valence-corrected chi connectivity index (χ0v) is 8.60. The summed E-state index contributed by atoms with van der Waals surface area (Å²) < 4.78 is 13.6. The standard InChI is InChI=1S/C12H14FN/c1-3-4-5-11-10(8-14)7-6-9(2)12(11)13/h6-7H,3-5H2,1-2H3. The van der Waals surface area contributed by atoms with Crippen LogP contribution in [0.3, 0.4) is 0 Å². The number of benzene rings is 1. The van der Waals surface area contributed by atoms with Crippen LogP contribution in [0.15, 0.2) is 12.1 Å². The summed E-state index contributed by atoms with van der Waals surface area (Å²) in [6.07, 6.45) is 2.60. The van der Waals surface area contributed by atoms with E-state index in [1.165, 1.54) is 0 Å². The van der Waals surface area contributed by atoms with Gasteiger partial charge in [0.1, 0.15) is 5.82 Å². The maximum Gasteiger partial charge on any atom is 0.130 e. The van der Waals surface area contributed by atoms with Crippen molar-refractivity contribution in [2.45, 2.75) is 33.1 Å². The fraction of sp³-hybridized carbons (Fsp3) is 0.417. The first kappa shape index (κ1) is 10.7. The molecule has 0 radical (unpaired) electrons. The summed E-state index contributed by atoms with van der Waals surface area (Å²) in [5.74, 6) is -0.211. The Morgan fingerprint density at radius 3 is 2.71 bits per heavy atom. The topological polar surface area (TPSA) is 23.8 Å². The van der Waals surface area contributed by atoms with Crippen molar-refractivity contribution in [2.24, 2.45) is 0 Å². The molecule has 0 unspecified atom stereocenters. The number of aryl methyl sites for hydroxylation is 1. The van der Waals surface area contributed by atoms with E-state index in [0.29, 0.717) is 23.1 Å². The van der Waals surface area contributed by atoms with E-state index >= 15 is 0 Å². The summed E-state index contributed by atoms with van der Waals surface area (Å²) in [7, 11) is 0. The predicted molar refractivity (Wildman–Crippen MR) is 54.5 cm³/mol. The molecule has 74 valence electrons. The largest absolute Gasteiger partial charge is 0.206 e. The predicted octanol–water partition coefficient (Wildman–Crippen LogP) is 3.35. The molecular formula is C12H14FN. The van der Waals surface area contributed by atoms with Gasteiger partial charge < -0.3 is 0 Å². The van der Waals surface area contributed by atoms with Crippen molar-refractivity contribution in [2.75, 3.05) is 0 Å². The monoisotopic (exact) mass is 191 g/mol. The molecule has 0 aliphatic carbocycles. The molecule has 0 bridgehead atoms. The number of nitriles is 1. The SMILES string of the molecule is CCCCc1c(C#N)ccc(C)c1F. The lowest BCUT2D eigenvalue weighted by molar-refractivity contribution is 0.593. The van der Waals surface area contributed by atoms with Crippen LogP contribution in [0, 0.1) is 24.1 Å². The van der Waals surface area contributed by atoms with E-state index in [0.717, 1.165) is 12.8 Å². The second kappa shape index (κ2) is 4.76. The van der Waals surface area contributed by atoms with Crippen LogP contribution in [0.4, 0.5) is 4.39 Å². The van der Waals surface area contributed by atoms with Crippen molar-refractivity contribution >= 4 is 0 Å². The first-order chi connectivity index (χ1) is 6.70. The molecule has 0 atom stereocenters. The Morgan fingerprint density at radius 2 is 2.14 bits per heavy atom.